The predicted molar refractivity (Wildman–Crippen MR) is 47.8 cm³/mol. The molecule has 0 N–H and O–H groups in total. The standard InChI is InChI=1S/C9H15NO4/c1-3-13-9(11)10-6-4-5-14-8(12-2)7(6)10/h6-8H,3-5H2,1-2H3/t6-,7-,8-,10?/m0/s1. The van der Waals surface area contributed by atoms with Crippen molar-refractivity contribution in [3.63, 3.8) is 0 Å². The fourth-order valence-corrected chi connectivity index (χ4v) is 1.99. The van der Waals surface area contributed by atoms with Gasteiger partial charge in [0, 0.05) is 7.11 Å². The first-order valence-corrected chi connectivity index (χ1v) is 4.89. The molecule has 2 aliphatic rings. The van der Waals surface area contributed by atoms with Crippen LogP contribution in [0.5, 0.6) is 0 Å². The topological polar surface area (TPSA) is 47.8 Å². The highest BCUT2D eigenvalue weighted by Gasteiger charge is 2.58. The van der Waals surface area contributed by atoms with Gasteiger partial charge in [0.2, 0.25) is 0 Å². The normalized spacial score (nSPS) is 35.0. The Morgan fingerprint density at radius 3 is 3.07 bits per heavy atom. The minimum atomic E-state index is -0.279. The van der Waals surface area contributed by atoms with Gasteiger partial charge >= 0.3 is 6.09 Å². The first kappa shape index (κ1) is 9.73. The lowest BCUT2D eigenvalue weighted by molar-refractivity contribution is -0.137. The summed E-state index contributed by atoms with van der Waals surface area (Å²) in [6, 6.07) is 0.320. The Hall–Kier alpha value is -0.810. The van der Waals surface area contributed by atoms with Gasteiger partial charge in [-0.25, -0.2) is 4.79 Å². The van der Waals surface area contributed by atoms with Crippen molar-refractivity contribution < 1.29 is 19.0 Å². The SMILES string of the molecule is CCOC(=O)N1[C@@H]2[C@@H](OC)OCC[C@@H]21. The van der Waals surface area contributed by atoms with Crippen LogP contribution >= 0.6 is 0 Å². The molecular formula is C9H15NO4. The molecule has 3 atom stereocenters. The predicted octanol–water partition coefficient (Wildman–Crippen LogP) is 0.588. The van der Waals surface area contributed by atoms with Crippen LogP contribution in [-0.4, -0.2) is 49.7 Å². The maximum absolute atomic E-state index is 11.4. The number of amides is 1. The van der Waals surface area contributed by atoms with Crippen molar-refractivity contribution in [2.24, 2.45) is 0 Å². The van der Waals surface area contributed by atoms with E-state index in [0.29, 0.717) is 13.2 Å². The first-order chi connectivity index (χ1) is 6.79. The lowest BCUT2D eigenvalue weighted by Gasteiger charge is -2.17. The molecule has 0 radical (unpaired) electrons. The van der Waals surface area contributed by atoms with E-state index >= 15 is 0 Å². The molecule has 2 saturated heterocycles. The van der Waals surface area contributed by atoms with Crippen LogP contribution in [0.2, 0.25) is 0 Å². The average molecular weight is 201 g/mol. The molecule has 0 aliphatic carbocycles. The minimum Gasteiger partial charge on any atom is -0.450 e. The van der Waals surface area contributed by atoms with E-state index in [2.05, 4.69) is 0 Å². The van der Waals surface area contributed by atoms with Gasteiger partial charge < -0.3 is 14.2 Å². The van der Waals surface area contributed by atoms with Crippen LogP contribution in [0.3, 0.4) is 0 Å². The van der Waals surface area contributed by atoms with E-state index in [-0.39, 0.29) is 24.5 Å². The summed E-state index contributed by atoms with van der Waals surface area (Å²) in [7, 11) is 1.59. The highest BCUT2D eigenvalue weighted by molar-refractivity contribution is 5.72. The fourth-order valence-electron chi connectivity index (χ4n) is 1.99. The molecule has 80 valence electrons. The van der Waals surface area contributed by atoms with Crippen LogP contribution in [0.15, 0.2) is 0 Å². The van der Waals surface area contributed by atoms with Crippen LogP contribution in [0.25, 0.3) is 0 Å². The molecule has 2 rings (SSSR count). The second-order valence-corrected chi connectivity index (χ2v) is 3.43. The highest BCUT2D eigenvalue weighted by Crippen LogP contribution is 2.39. The molecule has 5 nitrogen and oxygen atoms in total. The molecule has 2 fully saturated rings. The zero-order chi connectivity index (χ0) is 10.1. The van der Waals surface area contributed by atoms with Gasteiger partial charge in [-0.1, -0.05) is 0 Å². The van der Waals surface area contributed by atoms with Crippen LogP contribution in [0, 0.1) is 0 Å². The molecule has 0 aromatic carbocycles. The van der Waals surface area contributed by atoms with Crippen molar-refractivity contribution in [3.05, 3.63) is 0 Å². The lowest BCUT2D eigenvalue weighted by Crippen LogP contribution is -2.30. The Morgan fingerprint density at radius 2 is 2.43 bits per heavy atom. The molecule has 2 heterocycles. The van der Waals surface area contributed by atoms with Crippen molar-refractivity contribution >= 4 is 6.09 Å². The minimum absolute atomic E-state index is 0.0628. The van der Waals surface area contributed by atoms with E-state index in [4.69, 9.17) is 14.2 Å². The van der Waals surface area contributed by atoms with Crippen LogP contribution in [0.4, 0.5) is 4.79 Å². The monoisotopic (exact) mass is 201 g/mol. The third-order valence-electron chi connectivity index (χ3n) is 2.67. The van der Waals surface area contributed by atoms with Gasteiger partial charge in [-0.3, -0.25) is 4.90 Å². The number of rotatable bonds is 2. The van der Waals surface area contributed by atoms with Crippen molar-refractivity contribution in [3.8, 4) is 0 Å². The summed E-state index contributed by atoms with van der Waals surface area (Å²) in [5, 5.41) is 0. The Bertz CT molecular complexity index is 233. The molecule has 0 aromatic heterocycles. The van der Waals surface area contributed by atoms with Crippen molar-refractivity contribution in [1.29, 1.82) is 0 Å². The summed E-state index contributed by atoms with van der Waals surface area (Å²) in [5.74, 6) is 0. The second-order valence-electron chi connectivity index (χ2n) is 3.43. The molecule has 14 heavy (non-hydrogen) atoms. The summed E-state index contributed by atoms with van der Waals surface area (Å²) >= 11 is 0. The fraction of sp³-hybridized carbons (Fsp3) is 0.889. The van der Waals surface area contributed by atoms with Crippen LogP contribution in [0.1, 0.15) is 13.3 Å². The highest BCUT2D eigenvalue weighted by atomic mass is 16.7. The zero-order valence-corrected chi connectivity index (χ0v) is 8.43. The average Bonchev–Trinajstić information content (AvgIpc) is 2.91. The number of nitrogens with zero attached hydrogens (tertiary/aromatic N) is 1. The van der Waals surface area contributed by atoms with Crippen LogP contribution < -0.4 is 0 Å². The quantitative estimate of drug-likeness (QED) is 0.613. The maximum atomic E-state index is 11.4. The molecule has 0 saturated carbocycles. The molecule has 2 aliphatic heterocycles. The molecule has 0 spiro atoms. The summed E-state index contributed by atoms with van der Waals surface area (Å²) in [4.78, 5) is 13.1. The van der Waals surface area contributed by atoms with E-state index in [9.17, 15) is 4.79 Å². The van der Waals surface area contributed by atoms with Gasteiger partial charge in [-0.15, -0.1) is 0 Å². The van der Waals surface area contributed by atoms with E-state index < -0.39 is 0 Å². The maximum Gasteiger partial charge on any atom is 0.410 e. The largest absolute Gasteiger partial charge is 0.450 e. The van der Waals surface area contributed by atoms with Gasteiger partial charge in [-0.2, -0.15) is 0 Å². The molecule has 0 unspecified atom stereocenters. The number of methoxy groups -OCH3 is 1. The summed E-state index contributed by atoms with van der Waals surface area (Å²) in [5.41, 5.74) is 0. The third kappa shape index (κ3) is 1.46. The van der Waals surface area contributed by atoms with Gasteiger partial charge in [0.15, 0.2) is 6.29 Å². The number of fused-ring (bicyclic) bond motifs is 1. The first-order valence-electron chi connectivity index (χ1n) is 4.89. The number of carbonyl (C=O) groups is 1. The molecule has 0 aromatic rings. The Kier molecular flexibility index (Phi) is 2.60. The summed E-state index contributed by atoms with van der Waals surface area (Å²) in [6.07, 6.45) is 0.344. The van der Waals surface area contributed by atoms with E-state index in [1.54, 1.807) is 18.9 Å². The van der Waals surface area contributed by atoms with Crippen molar-refractivity contribution in [2.75, 3.05) is 20.3 Å². The van der Waals surface area contributed by atoms with Gasteiger partial charge in [0.1, 0.15) is 6.04 Å². The van der Waals surface area contributed by atoms with Crippen molar-refractivity contribution in [1.82, 2.24) is 4.90 Å². The van der Waals surface area contributed by atoms with Gasteiger partial charge in [0.25, 0.3) is 0 Å². The Balaban J connectivity index is 1.94. The lowest BCUT2D eigenvalue weighted by atomic mass is 10.2. The molecular weight excluding hydrogens is 186 g/mol. The third-order valence-corrected chi connectivity index (χ3v) is 2.67. The van der Waals surface area contributed by atoms with E-state index in [1.165, 1.54) is 0 Å². The number of hydrogen-bond donors (Lipinski definition) is 0. The number of hydrogen-bond acceptors (Lipinski definition) is 4. The Labute approximate surface area is 82.9 Å². The van der Waals surface area contributed by atoms with Crippen molar-refractivity contribution in [2.45, 2.75) is 31.7 Å². The molecule has 5 heteroatoms. The van der Waals surface area contributed by atoms with Crippen LogP contribution in [-0.2, 0) is 14.2 Å². The molecule has 0 bridgehead atoms. The molecule has 1 amide bonds. The Morgan fingerprint density at radius 1 is 1.64 bits per heavy atom. The van der Waals surface area contributed by atoms with Gasteiger partial charge in [-0.05, 0) is 13.3 Å². The van der Waals surface area contributed by atoms with E-state index in [1.807, 2.05) is 0 Å². The van der Waals surface area contributed by atoms with Gasteiger partial charge in [0.05, 0.1) is 19.3 Å². The second kappa shape index (κ2) is 3.74. The zero-order valence-electron chi connectivity index (χ0n) is 8.43. The van der Waals surface area contributed by atoms with E-state index in [0.717, 1.165) is 6.42 Å². The number of carbonyl (C=O) groups excluding carboxylic acids is 1. The summed E-state index contributed by atoms with van der Waals surface area (Å²) < 4.78 is 15.4. The number of ether oxygens (including phenoxy) is 3. The summed E-state index contributed by atoms with van der Waals surface area (Å²) in [6.45, 7) is 2.86. The smallest absolute Gasteiger partial charge is 0.410 e.